The van der Waals surface area contributed by atoms with E-state index in [4.69, 9.17) is 5.10 Å². The SMILES string of the molecule is COC(=O)CCCNC(=O)/C=C/c1cn(-c2ccccc2)nc1-c1cccs1. The number of hydrogen-bond acceptors (Lipinski definition) is 5. The third-order valence-corrected chi connectivity index (χ3v) is 4.89. The van der Waals surface area contributed by atoms with Crippen molar-refractivity contribution in [2.45, 2.75) is 12.8 Å². The smallest absolute Gasteiger partial charge is 0.305 e. The van der Waals surface area contributed by atoms with Crippen molar-refractivity contribution in [1.82, 2.24) is 15.1 Å². The number of methoxy groups -OCH3 is 1. The van der Waals surface area contributed by atoms with Gasteiger partial charge in [-0.25, -0.2) is 4.68 Å². The summed E-state index contributed by atoms with van der Waals surface area (Å²) in [6.07, 6.45) is 5.98. The van der Waals surface area contributed by atoms with Crippen molar-refractivity contribution in [2.24, 2.45) is 0 Å². The van der Waals surface area contributed by atoms with E-state index in [1.165, 1.54) is 13.2 Å². The molecule has 0 spiro atoms. The molecule has 3 rings (SSSR count). The van der Waals surface area contributed by atoms with Crippen LogP contribution in [0.2, 0.25) is 0 Å². The predicted octanol–water partition coefficient (Wildman–Crippen LogP) is 3.68. The van der Waals surface area contributed by atoms with Crippen LogP contribution < -0.4 is 5.32 Å². The van der Waals surface area contributed by atoms with Gasteiger partial charge >= 0.3 is 5.97 Å². The fourth-order valence-electron chi connectivity index (χ4n) is 2.60. The quantitative estimate of drug-likeness (QED) is 0.359. The zero-order chi connectivity index (χ0) is 19.8. The second kappa shape index (κ2) is 9.66. The highest BCUT2D eigenvalue weighted by Gasteiger charge is 2.11. The first-order chi connectivity index (χ1) is 13.7. The standard InChI is InChI=1S/C21H21N3O3S/c1-27-20(26)10-5-13-22-19(25)12-11-16-15-24(17-7-3-2-4-8-17)23-21(16)18-9-6-14-28-18/h2-4,6-9,11-12,14-15H,5,10,13H2,1H3,(H,22,25)/b12-11+. The van der Waals surface area contributed by atoms with Crippen LogP contribution in [-0.2, 0) is 14.3 Å². The van der Waals surface area contributed by atoms with Crippen molar-refractivity contribution in [1.29, 1.82) is 0 Å². The molecule has 144 valence electrons. The van der Waals surface area contributed by atoms with Gasteiger partial charge in [0.05, 0.1) is 17.7 Å². The first kappa shape index (κ1) is 19.6. The Labute approximate surface area is 167 Å². The third kappa shape index (κ3) is 5.17. The number of ether oxygens (including phenoxy) is 1. The molecule has 0 unspecified atom stereocenters. The third-order valence-electron chi connectivity index (χ3n) is 4.02. The number of para-hydroxylation sites is 1. The molecule has 2 aromatic heterocycles. The van der Waals surface area contributed by atoms with E-state index >= 15 is 0 Å². The summed E-state index contributed by atoms with van der Waals surface area (Å²) in [5.74, 6) is -0.492. The second-order valence-corrected chi connectivity index (χ2v) is 6.94. The maximum absolute atomic E-state index is 12.1. The molecule has 0 aliphatic rings. The molecule has 0 radical (unpaired) electrons. The Morgan fingerprint density at radius 2 is 2.04 bits per heavy atom. The largest absolute Gasteiger partial charge is 0.469 e. The van der Waals surface area contributed by atoms with Crippen LogP contribution in [0.5, 0.6) is 0 Å². The molecule has 2 heterocycles. The topological polar surface area (TPSA) is 73.2 Å². The molecule has 1 amide bonds. The Bertz CT molecular complexity index is 947. The monoisotopic (exact) mass is 395 g/mol. The molecule has 0 saturated carbocycles. The van der Waals surface area contributed by atoms with E-state index < -0.39 is 0 Å². The number of carbonyl (C=O) groups excluding carboxylic acids is 2. The van der Waals surface area contributed by atoms with Crippen LogP contribution >= 0.6 is 11.3 Å². The number of aromatic nitrogens is 2. The van der Waals surface area contributed by atoms with Crippen molar-refractivity contribution in [3.05, 3.63) is 65.7 Å². The lowest BCUT2D eigenvalue weighted by atomic mass is 10.2. The second-order valence-electron chi connectivity index (χ2n) is 5.99. The van der Waals surface area contributed by atoms with Crippen molar-refractivity contribution in [3.63, 3.8) is 0 Å². The lowest BCUT2D eigenvalue weighted by Crippen LogP contribution is -2.22. The maximum atomic E-state index is 12.1. The van der Waals surface area contributed by atoms with Crippen molar-refractivity contribution in [3.8, 4) is 16.3 Å². The molecule has 0 bridgehead atoms. The van der Waals surface area contributed by atoms with Gasteiger partial charge in [0.25, 0.3) is 0 Å². The summed E-state index contributed by atoms with van der Waals surface area (Å²) in [4.78, 5) is 24.2. The Kier molecular flexibility index (Phi) is 6.75. The summed E-state index contributed by atoms with van der Waals surface area (Å²) in [5.41, 5.74) is 2.64. The van der Waals surface area contributed by atoms with Gasteiger partial charge in [0.15, 0.2) is 0 Å². The molecular formula is C21H21N3O3S. The van der Waals surface area contributed by atoms with Crippen LogP contribution in [-0.4, -0.2) is 35.3 Å². The fraction of sp³-hybridized carbons (Fsp3) is 0.190. The Hall–Kier alpha value is -3.19. The first-order valence-corrected chi connectivity index (χ1v) is 9.77. The number of hydrogen-bond donors (Lipinski definition) is 1. The minimum absolute atomic E-state index is 0.213. The number of benzene rings is 1. The average Bonchev–Trinajstić information content (AvgIpc) is 3.39. The minimum Gasteiger partial charge on any atom is -0.469 e. The number of nitrogens with one attached hydrogen (secondary N) is 1. The Morgan fingerprint density at radius 3 is 2.75 bits per heavy atom. The van der Waals surface area contributed by atoms with Gasteiger partial charge in [-0.2, -0.15) is 5.10 Å². The normalized spacial score (nSPS) is 10.9. The summed E-state index contributed by atoms with van der Waals surface area (Å²) in [6.45, 7) is 0.416. The molecule has 1 N–H and O–H groups in total. The Morgan fingerprint density at radius 1 is 1.21 bits per heavy atom. The van der Waals surface area contributed by atoms with Gasteiger partial charge in [0.2, 0.25) is 5.91 Å². The Balaban J connectivity index is 1.71. The van der Waals surface area contributed by atoms with E-state index in [0.717, 1.165) is 21.8 Å². The lowest BCUT2D eigenvalue weighted by molar-refractivity contribution is -0.140. The predicted molar refractivity (Wildman–Crippen MR) is 110 cm³/mol. The summed E-state index contributed by atoms with van der Waals surface area (Å²) in [7, 11) is 1.35. The van der Waals surface area contributed by atoms with Crippen molar-refractivity contribution < 1.29 is 14.3 Å². The van der Waals surface area contributed by atoms with Crippen LogP contribution in [0.15, 0.2) is 60.1 Å². The molecule has 0 saturated heterocycles. The number of amides is 1. The highest BCUT2D eigenvalue weighted by molar-refractivity contribution is 7.13. The lowest BCUT2D eigenvalue weighted by Gasteiger charge is -2.01. The van der Waals surface area contributed by atoms with Crippen molar-refractivity contribution >= 4 is 29.3 Å². The number of thiophene rings is 1. The highest BCUT2D eigenvalue weighted by atomic mass is 32.1. The number of carbonyl (C=O) groups is 2. The van der Waals surface area contributed by atoms with Gasteiger partial charge in [0, 0.05) is 30.8 Å². The van der Waals surface area contributed by atoms with Crippen LogP contribution in [0.4, 0.5) is 0 Å². The number of nitrogens with zero attached hydrogens (tertiary/aromatic N) is 2. The molecule has 1 aromatic carbocycles. The molecule has 0 aliphatic carbocycles. The van der Waals surface area contributed by atoms with Gasteiger partial charge in [-0.3, -0.25) is 9.59 Å². The molecule has 28 heavy (non-hydrogen) atoms. The van der Waals surface area contributed by atoms with E-state index in [9.17, 15) is 9.59 Å². The molecule has 3 aromatic rings. The number of esters is 1. The van der Waals surface area contributed by atoms with E-state index in [0.29, 0.717) is 13.0 Å². The van der Waals surface area contributed by atoms with E-state index in [-0.39, 0.29) is 18.3 Å². The first-order valence-electron chi connectivity index (χ1n) is 8.89. The van der Waals surface area contributed by atoms with Gasteiger partial charge < -0.3 is 10.1 Å². The van der Waals surface area contributed by atoms with Gasteiger partial charge in [-0.05, 0) is 36.1 Å². The van der Waals surface area contributed by atoms with E-state index in [1.807, 2.05) is 58.7 Å². The fourth-order valence-corrected chi connectivity index (χ4v) is 3.33. The summed E-state index contributed by atoms with van der Waals surface area (Å²) >= 11 is 1.60. The minimum atomic E-state index is -0.279. The zero-order valence-corrected chi connectivity index (χ0v) is 16.3. The zero-order valence-electron chi connectivity index (χ0n) is 15.5. The molecule has 0 fully saturated rings. The van der Waals surface area contributed by atoms with E-state index in [1.54, 1.807) is 17.4 Å². The molecule has 0 atom stereocenters. The number of rotatable bonds is 8. The van der Waals surface area contributed by atoms with Crippen LogP contribution in [0.25, 0.3) is 22.3 Å². The van der Waals surface area contributed by atoms with Gasteiger partial charge in [0.1, 0.15) is 5.69 Å². The average molecular weight is 395 g/mol. The van der Waals surface area contributed by atoms with Crippen LogP contribution in [0, 0.1) is 0 Å². The van der Waals surface area contributed by atoms with Crippen LogP contribution in [0.1, 0.15) is 18.4 Å². The highest BCUT2D eigenvalue weighted by Crippen LogP contribution is 2.28. The molecular weight excluding hydrogens is 374 g/mol. The summed E-state index contributed by atoms with van der Waals surface area (Å²) in [5, 5.41) is 9.46. The summed E-state index contributed by atoms with van der Waals surface area (Å²) in [6, 6.07) is 13.8. The van der Waals surface area contributed by atoms with Crippen LogP contribution in [0.3, 0.4) is 0 Å². The van der Waals surface area contributed by atoms with Gasteiger partial charge in [-0.15, -0.1) is 11.3 Å². The maximum Gasteiger partial charge on any atom is 0.305 e. The van der Waals surface area contributed by atoms with Crippen molar-refractivity contribution in [2.75, 3.05) is 13.7 Å². The van der Waals surface area contributed by atoms with Gasteiger partial charge in [-0.1, -0.05) is 24.3 Å². The molecule has 0 aliphatic heterocycles. The molecule has 6 nitrogen and oxygen atoms in total. The summed E-state index contributed by atoms with van der Waals surface area (Å²) < 4.78 is 6.38. The molecule has 7 heteroatoms. The van der Waals surface area contributed by atoms with E-state index in [2.05, 4.69) is 10.1 Å².